The number of hydrogen-bond donors (Lipinski definition) is 3. The third-order valence-electron chi connectivity index (χ3n) is 5.00. The predicted octanol–water partition coefficient (Wildman–Crippen LogP) is 2.83. The van der Waals surface area contributed by atoms with Crippen LogP contribution in [0.4, 0.5) is 15.0 Å². The van der Waals surface area contributed by atoms with Crippen molar-refractivity contribution in [3.8, 4) is 0 Å². The Bertz CT molecular complexity index is 836. The summed E-state index contributed by atoms with van der Waals surface area (Å²) in [6.45, 7) is 3.01. The molecule has 2 heterocycles. The van der Waals surface area contributed by atoms with Gasteiger partial charge in [0.05, 0.1) is 0 Å². The second-order valence-electron chi connectivity index (χ2n) is 7.30. The van der Waals surface area contributed by atoms with E-state index in [9.17, 15) is 14.0 Å². The minimum Gasteiger partial charge on any atom is -0.357 e. The fourth-order valence-electron chi connectivity index (χ4n) is 3.34. The Labute approximate surface area is 176 Å². The normalized spacial score (nSPS) is 14.0. The number of hydrogen-bond acceptors (Lipinski definition) is 4. The third-order valence-corrected chi connectivity index (χ3v) is 5.00. The van der Waals surface area contributed by atoms with Crippen LogP contribution in [0, 0.1) is 5.82 Å². The fourth-order valence-corrected chi connectivity index (χ4v) is 3.34. The van der Waals surface area contributed by atoms with Crippen molar-refractivity contribution >= 4 is 17.8 Å². The molecule has 1 fully saturated rings. The van der Waals surface area contributed by atoms with Crippen molar-refractivity contribution in [3.05, 3.63) is 59.5 Å². The first-order chi connectivity index (χ1) is 14.6. The van der Waals surface area contributed by atoms with Crippen molar-refractivity contribution < 1.29 is 14.0 Å². The highest BCUT2D eigenvalue weighted by Crippen LogP contribution is 2.18. The molecule has 1 aromatic heterocycles. The molecule has 2 aromatic rings. The first kappa shape index (κ1) is 21.5. The minimum absolute atomic E-state index is 0.276. The van der Waals surface area contributed by atoms with E-state index in [-0.39, 0.29) is 25.0 Å². The number of nitrogens with zero attached hydrogens (tertiary/aromatic N) is 2. The summed E-state index contributed by atoms with van der Waals surface area (Å²) in [4.78, 5) is 30.7. The van der Waals surface area contributed by atoms with Gasteiger partial charge < -0.3 is 20.9 Å². The summed E-state index contributed by atoms with van der Waals surface area (Å²) >= 11 is 0. The van der Waals surface area contributed by atoms with Crippen molar-refractivity contribution in [2.24, 2.45) is 0 Å². The molecular weight excluding hydrogens is 385 g/mol. The van der Waals surface area contributed by atoms with Crippen molar-refractivity contribution in [1.29, 1.82) is 0 Å². The van der Waals surface area contributed by atoms with Gasteiger partial charge in [0.1, 0.15) is 11.6 Å². The monoisotopic (exact) mass is 413 g/mol. The predicted molar refractivity (Wildman–Crippen MR) is 114 cm³/mol. The van der Waals surface area contributed by atoms with Gasteiger partial charge in [-0.3, -0.25) is 4.79 Å². The Kier molecular flexibility index (Phi) is 8.00. The van der Waals surface area contributed by atoms with Crippen LogP contribution in [0.3, 0.4) is 0 Å². The van der Waals surface area contributed by atoms with Gasteiger partial charge in [-0.15, -0.1) is 0 Å². The van der Waals surface area contributed by atoms with E-state index in [1.807, 2.05) is 12.1 Å². The first-order valence-electron chi connectivity index (χ1n) is 10.4. The number of halogens is 1. The van der Waals surface area contributed by atoms with E-state index < -0.39 is 5.82 Å². The minimum atomic E-state index is -0.391. The lowest BCUT2D eigenvalue weighted by Crippen LogP contribution is -2.40. The summed E-state index contributed by atoms with van der Waals surface area (Å²) < 4.78 is 12.9. The molecule has 160 valence electrons. The molecule has 0 bridgehead atoms. The zero-order valence-corrected chi connectivity index (χ0v) is 17.0. The van der Waals surface area contributed by atoms with E-state index in [0.717, 1.165) is 24.5 Å². The Morgan fingerprint density at radius 1 is 0.933 bits per heavy atom. The SMILES string of the molecule is O=C(NCCNC(=O)c1ccc(F)cc1)NCc1ccnc(N2CCCCCC2)c1. The average molecular weight is 413 g/mol. The maximum Gasteiger partial charge on any atom is 0.315 e. The highest BCUT2D eigenvalue weighted by molar-refractivity contribution is 5.94. The first-order valence-corrected chi connectivity index (χ1v) is 10.4. The molecule has 30 heavy (non-hydrogen) atoms. The average Bonchev–Trinajstić information content (AvgIpc) is 3.05. The van der Waals surface area contributed by atoms with Crippen LogP contribution in [0.5, 0.6) is 0 Å². The van der Waals surface area contributed by atoms with E-state index in [4.69, 9.17) is 0 Å². The lowest BCUT2D eigenvalue weighted by atomic mass is 10.2. The van der Waals surface area contributed by atoms with Crippen LogP contribution in [0.2, 0.25) is 0 Å². The van der Waals surface area contributed by atoms with E-state index in [1.165, 1.54) is 49.9 Å². The van der Waals surface area contributed by atoms with Gasteiger partial charge in [0.15, 0.2) is 0 Å². The number of amides is 3. The van der Waals surface area contributed by atoms with Crippen LogP contribution in [0.25, 0.3) is 0 Å². The van der Waals surface area contributed by atoms with Gasteiger partial charge in [0.25, 0.3) is 5.91 Å². The van der Waals surface area contributed by atoms with E-state index >= 15 is 0 Å². The molecule has 0 aliphatic carbocycles. The summed E-state index contributed by atoms with van der Waals surface area (Å²) in [5, 5.41) is 8.20. The standard InChI is InChI=1S/C22H28FN5O2/c23-19-7-5-18(6-8-19)21(29)25-11-12-26-22(30)27-16-17-9-10-24-20(15-17)28-13-3-1-2-4-14-28/h5-10,15H,1-4,11-14,16H2,(H,25,29)(H2,26,27,30). The molecule has 0 radical (unpaired) electrons. The van der Waals surface area contributed by atoms with Gasteiger partial charge in [0, 0.05) is 44.5 Å². The molecule has 1 aromatic carbocycles. The number of carbonyl (C=O) groups is 2. The Balaban J connectivity index is 1.37. The molecule has 0 atom stereocenters. The quantitative estimate of drug-likeness (QED) is 0.610. The Hall–Kier alpha value is -3.16. The molecule has 8 heteroatoms. The molecule has 0 spiro atoms. The van der Waals surface area contributed by atoms with Gasteiger partial charge >= 0.3 is 6.03 Å². The molecule has 3 N–H and O–H groups in total. The smallest absolute Gasteiger partial charge is 0.315 e. The summed E-state index contributed by atoms with van der Waals surface area (Å²) in [6.07, 6.45) is 6.68. The molecule has 1 saturated heterocycles. The second kappa shape index (κ2) is 11.1. The molecule has 3 rings (SSSR count). The van der Waals surface area contributed by atoms with Crippen LogP contribution >= 0.6 is 0 Å². The number of carbonyl (C=O) groups excluding carboxylic acids is 2. The molecular formula is C22H28FN5O2. The largest absolute Gasteiger partial charge is 0.357 e. The van der Waals surface area contributed by atoms with Crippen molar-refractivity contribution in [3.63, 3.8) is 0 Å². The fraction of sp³-hybridized carbons (Fsp3) is 0.409. The topological polar surface area (TPSA) is 86.4 Å². The van der Waals surface area contributed by atoms with Gasteiger partial charge in [-0.05, 0) is 54.8 Å². The molecule has 0 unspecified atom stereocenters. The summed E-state index contributed by atoms with van der Waals surface area (Å²) in [6, 6.07) is 8.91. The maximum atomic E-state index is 12.9. The highest BCUT2D eigenvalue weighted by Gasteiger charge is 2.11. The van der Waals surface area contributed by atoms with Crippen molar-refractivity contribution in [1.82, 2.24) is 20.9 Å². The highest BCUT2D eigenvalue weighted by atomic mass is 19.1. The zero-order valence-electron chi connectivity index (χ0n) is 17.0. The van der Waals surface area contributed by atoms with E-state index in [1.54, 1.807) is 6.20 Å². The van der Waals surface area contributed by atoms with Gasteiger partial charge in [-0.2, -0.15) is 0 Å². The van der Waals surface area contributed by atoms with Crippen LogP contribution in [-0.2, 0) is 6.54 Å². The molecule has 3 amide bonds. The number of anilines is 1. The number of urea groups is 1. The van der Waals surface area contributed by atoms with Gasteiger partial charge in [0.2, 0.25) is 0 Å². The van der Waals surface area contributed by atoms with Crippen LogP contribution in [-0.4, -0.2) is 43.1 Å². The Morgan fingerprint density at radius 3 is 2.37 bits per heavy atom. The number of aromatic nitrogens is 1. The lowest BCUT2D eigenvalue weighted by molar-refractivity contribution is 0.0954. The molecule has 1 aliphatic rings. The molecule has 7 nitrogen and oxygen atoms in total. The van der Waals surface area contributed by atoms with Crippen LogP contribution in [0.1, 0.15) is 41.6 Å². The molecule has 0 saturated carbocycles. The van der Waals surface area contributed by atoms with Crippen molar-refractivity contribution in [2.75, 3.05) is 31.1 Å². The number of rotatable bonds is 7. The van der Waals surface area contributed by atoms with Gasteiger partial charge in [-0.1, -0.05) is 12.8 Å². The van der Waals surface area contributed by atoms with Crippen LogP contribution in [0.15, 0.2) is 42.6 Å². The van der Waals surface area contributed by atoms with E-state index in [0.29, 0.717) is 12.1 Å². The number of pyridine rings is 1. The number of benzene rings is 1. The summed E-state index contributed by atoms with van der Waals surface area (Å²) in [7, 11) is 0. The lowest BCUT2D eigenvalue weighted by Gasteiger charge is -2.21. The van der Waals surface area contributed by atoms with Gasteiger partial charge in [-0.25, -0.2) is 14.2 Å². The summed E-state index contributed by atoms with van der Waals surface area (Å²) in [5.74, 6) is 0.257. The Morgan fingerprint density at radius 2 is 1.63 bits per heavy atom. The molecule has 1 aliphatic heterocycles. The number of nitrogens with one attached hydrogen (secondary N) is 3. The third kappa shape index (κ3) is 6.72. The zero-order chi connectivity index (χ0) is 21.2. The summed E-state index contributed by atoms with van der Waals surface area (Å²) in [5.41, 5.74) is 1.36. The maximum absolute atomic E-state index is 12.9. The van der Waals surface area contributed by atoms with Crippen molar-refractivity contribution in [2.45, 2.75) is 32.2 Å². The second-order valence-corrected chi connectivity index (χ2v) is 7.30. The van der Waals surface area contributed by atoms with Crippen LogP contribution < -0.4 is 20.9 Å². The van der Waals surface area contributed by atoms with E-state index in [2.05, 4.69) is 25.8 Å².